The predicted octanol–water partition coefficient (Wildman–Crippen LogP) is 3.07. The summed E-state index contributed by atoms with van der Waals surface area (Å²) in [4.78, 5) is 8.61. The van der Waals surface area contributed by atoms with Gasteiger partial charge in [0.15, 0.2) is 11.0 Å². The van der Waals surface area contributed by atoms with E-state index in [1.54, 1.807) is 0 Å². The molecule has 18 heavy (non-hydrogen) atoms. The maximum absolute atomic E-state index is 5.60. The quantitative estimate of drug-likeness (QED) is 0.921. The first-order chi connectivity index (χ1) is 8.76. The number of nitrogen functional groups attached to an aromatic ring is 1. The molecule has 96 valence electrons. The second-order valence-corrected chi connectivity index (χ2v) is 5.70. The number of anilines is 1. The van der Waals surface area contributed by atoms with E-state index in [4.69, 9.17) is 10.3 Å². The second-order valence-electron chi connectivity index (χ2n) is 4.81. The van der Waals surface area contributed by atoms with Crippen LogP contribution in [0.2, 0.25) is 0 Å². The Morgan fingerprint density at radius 1 is 1.44 bits per heavy atom. The summed E-state index contributed by atoms with van der Waals surface area (Å²) in [6.45, 7) is 2.24. The van der Waals surface area contributed by atoms with Crippen LogP contribution in [0.25, 0.3) is 11.6 Å². The van der Waals surface area contributed by atoms with E-state index in [2.05, 4.69) is 22.0 Å². The van der Waals surface area contributed by atoms with Gasteiger partial charge >= 0.3 is 0 Å². The lowest BCUT2D eigenvalue weighted by molar-refractivity contribution is 0.413. The van der Waals surface area contributed by atoms with Crippen molar-refractivity contribution in [2.75, 3.05) is 5.73 Å². The fraction of sp³-hybridized carbons (Fsp3) is 0.583. The highest BCUT2D eigenvalue weighted by Gasteiger charge is 2.28. The largest absolute Gasteiger partial charge is 0.375 e. The Balaban J connectivity index is 1.78. The average Bonchev–Trinajstić information content (AvgIpc) is 3.07. The molecule has 1 aliphatic carbocycles. The lowest BCUT2D eigenvalue weighted by atomic mass is 10.0. The van der Waals surface area contributed by atoms with Gasteiger partial charge in [-0.05, 0) is 25.2 Å². The fourth-order valence-electron chi connectivity index (χ4n) is 2.57. The molecule has 2 N–H and O–H groups in total. The van der Waals surface area contributed by atoms with Crippen molar-refractivity contribution in [3.8, 4) is 11.6 Å². The molecule has 1 fully saturated rings. The zero-order valence-electron chi connectivity index (χ0n) is 10.3. The Morgan fingerprint density at radius 3 is 3.00 bits per heavy atom. The molecule has 0 aliphatic heterocycles. The summed E-state index contributed by atoms with van der Waals surface area (Å²) in [5, 5.41) is 6.46. The Bertz CT molecular complexity index is 536. The molecule has 2 aromatic rings. The summed E-state index contributed by atoms with van der Waals surface area (Å²) in [5.41, 5.74) is 6.28. The molecule has 0 radical (unpaired) electrons. The highest BCUT2D eigenvalue weighted by Crippen LogP contribution is 2.38. The minimum Gasteiger partial charge on any atom is -0.375 e. The summed E-state index contributed by atoms with van der Waals surface area (Å²) < 4.78 is 5.27. The Hall–Kier alpha value is -1.43. The lowest BCUT2D eigenvalue weighted by Gasteiger charge is -2.04. The van der Waals surface area contributed by atoms with Crippen molar-refractivity contribution in [3.63, 3.8) is 0 Å². The van der Waals surface area contributed by atoms with Crippen LogP contribution >= 0.6 is 11.3 Å². The van der Waals surface area contributed by atoms with Gasteiger partial charge in [-0.25, -0.2) is 4.98 Å². The smallest absolute Gasteiger partial charge is 0.277 e. The number of nitrogens with zero attached hydrogens (tertiary/aromatic N) is 3. The van der Waals surface area contributed by atoms with Crippen LogP contribution in [0.3, 0.4) is 0 Å². The van der Waals surface area contributed by atoms with Gasteiger partial charge in [-0.1, -0.05) is 18.5 Å². The van der Waals surface area contributed by atoms with Gasteiger partial charge in [-0.3, -0.25) is 0 Å². The van der Waals surface area contributed by atoms with Gasteiger partial charge in [0.25, 0.3) is 5.89 Å². The standard InChI is InChI=1S/C12H16N4OS/c1-2-7-3-4-8(5-7)10-15-11(17-16-10)9-6-18-12(13)14-9/h6-8H,2-5H2,1H3,(H2,13,14). The van der Waals surface area contributed by atoms with E-state index in [1.165, 1.54) is 30.6 Å². The van der Waals surface area contributed by atoms with E-state index in [0.717, 1.165) is 18.2 Å². The van der Waals surface area contributed by atoms with Gasteiger partial charge in [-0.2, -0.15) is 4.98 Å². The molecule has 1 saturated carbocycles. The molecule has 5 nitrogen and oxygen atoms in total. The highest BCUT2D eigenvalue weighted by atomic mass is 32.1. The SMILES string of the molecule is CCC1CCC(c2noc(-c3csc(N)n3)n2)C1. The van der Waals surface area contributed by atoms with Crippen molar-refractivity contribution in [1.29, 1.82) is 0 Å². The van der Waals surface area contributed by atoms with Crippen LogP contribution in [0.4, 0.5) is 5.13 Å². The molecule has 2 atom stereocenters. The Labute approximate surface area is 109 Å². The molecule has 2 heterocycles. The first kappa shape index (κ1) is 11.6. The normalized spacial score (nSPS) is 23.6. The van der Waals surface area contributed by atoms with Crippen LogP contribution in [0.15, 0.2) is 9.90 Å². The van der Waals surface area contributed by atoms with E-state index in [0.29, 0.717) is 22.6 Å². The summed E-state index contributed by atoms with van der Waals surface area (Å²) in [7, 11) is 0. The van der Waals surface area contributed by atoms with Crippen LogP contribution in [0.5, 0.6) is 0 Å². The molecule has 2 unspecified atom stereocenters. The first-order valence-corrected chi connectivity index (χ1v) is 7.19. The topological polar surface area (TPSA) is 77.8 Å². The Morgan fingerprint density at radius 2 is 2.33 bits per heavy atom. The van der Waals surface area contributed by atoms with Crippen LogP contribution in [-0.4, -0.2) is 15.1 Å². The Kier molecular flexibility index (Phi) is 3.03. The van der Waals surface area contributed by atoms with E-state index in [1.807, 2.05) is 5.38 Å². The van der Waals surface area contributed by atoms with Gasteiger partial charge in [0.05, 0.1) is 0 Å². The maximum atomic E-state index is 5.60. The van der Waals surface area contributed by atoms with Gasteiger partial charge in [0.1, 0.15) is 5.69 Å². The fourth-order valence-corrected chi connectivity index (χ4v) is 3.11. The number of thiazole rings is 1. The van der Waals surface area contributed by atoms with Crippen LogP contribution in [0, 0.1) is 5.92 Å². The minimum atomic E-state index is 0.448. The molecule has 0 saturated heterocycles. The van der Waals surface area contributed by atoms with E-state index >= 15 is 0 Å². The molecule has 0 bridgehead atoms. The second kappa shape index (κ2) is 4.68. The zero-order chi connectivity index (χ0) is 12.5. The molecule has 1 aliphatic rings. The lowest BCUT2D eigenvalue weighted by Crippen LogP contribution is -1.97. The summed E-state index contributed by atoms with van der Waals surface area (Å²) in [6.07, 6.45) is 4.85. The molecule has 2 aromatic heterocycles. The number of hydrogen-bond acceptors (Lipinski definition) is 6. The molecule has 3 rings (SSSR count). The van der Waals surface area contributed by atoms with Crippen LogP contribution in [-0.2, 0) is 0 Å². The van der Waals surface area contributed by atoms with Gasteiger partial charge < -0.3 is 10.3 Å². The number of hydrogen-bond donors (Lipinski definition) is 1. The van der Waals surface area contributed by atoms with Crippen molar-refractivity contribution >= 4 is 16.5 Å². The minimum absolute atomic E-state index is 0.448. The number of rotatable bonds is 3. The number of nitrogens with two attached hydrogens (primary N) is 1. The van der Waals surface area contributed by atoms with E-state index in [-0.39, 0.29) is 0 Å². The van der Waals surface area contributed by atoms with Gasteiger partial charge in [0, 0.05) is 11.3 Å². The highest BCUT2D eigenvalue weighted by molar-refractivity contribution is 7.13. The molecular weight excluding hydrogens is 248 g/mol. The monoisotopic (exact) mass is 264 g/mol. The van der Waals surface area contributed by atoms with Crippen molar-refractivity contribution < 1.29 is 4.52 Å². The van der Waals surface area contributed by atoms with Crippen molar-refractivity contribution in [1.82, 2.24) is 15.1 Å². The van der Waals surface area contributed by atoms with Gasteiger partial charge in [0.2, 0.25) is 0 Å². The van der Waals surface area contributed by atoms with Crippen molar-refractivity contribution in [2.24, 2.45) is 5.92 Å². The van der Waals surface area contributed by atoms with E-state index in [9.17, 15) is 0 Å². The maximum Gasteiger partial charge on any atom is 0.277 e. The summed E-state index contributed by atoms with van der Waals surface area (Å²) >= 11 is 1.38. The average molecular weight is 264 g/mol. The summed E-state index contributed by atoms with van der Waals surface area (Å²) in [6, 6.07) is 0. The zero-order valence-corrected chi connectivity index (χ0v) is 11.1. The third kappa shape index (κ3) is 2.12. The third-order valence-electron chi connectivity index (χ3n) is 3.67. The summed E-state index contributed by atoms with van der Waals surface area (Å²) in [5.74, 6) is 2.57. The van der Waals surface area contributed by atoms with Crippen molar-refractivity contribution in [2.45, 2.75) is 38.5 Å². The molecular formula is C12H16N4OS. The molecule has 0 spiro atoms. The molecule has 6 heteroatoms. The van der Waals surface area contributed by atoms with Crippen LogP contribution in [0.1, 0.15) is 44.3 Å². The number of aromatic nitrogens is 3. The first-order valence-electron chi connectivity index (χ1n) is 6.31. The van der Waals surface area contributed by atoms with Gasteiger partial charge in [-0.15, -0.1) is 11.3 Å². The van der Waals surface area contributed by atoms with Crippen molar-refractivity contribution in [3.05, 3.63) is 11.2 Å². The van der Waals surface area contributed by atoms with Crippen LogP contribution < -0.4 is 5.73 Å². The van der Waals surface area contributed by atoms with E-state index < -0.39 is 0 Å². The third-order valence-corrected chi connectivity index (χ3v) is 4.34. The molecule has 0 aromatic carbocycles. The molecule has 0 amide bonds. The predicted molar refractivity (Wildman–Crippen MR) is 70.2 cm³/mol.